The third-order valence-corrected chi connectivity index (χ3v) is 2.56. The zero-order valence-corrected chi connectivity index (χ0v) is 9.25. The normalized spacial score (nSPS) is 13.3. The minimum atomic E-state index is -1.13. The molecule has 0 aliphatic carbocycles. The van der Waals surface area contributed by atoms with Crippen molar-refractivity contribution in [3.63, 3.8) is 0 Å². The maximum atomic E-state index is 10.8. The molecule has 6 nitrogen and oxygen atoms in total. The molecule has 3 rings (SSSR count). The van der Waals surface area contributed by atoms with E-state index < -0.39 is 5.97 Å². The van der Waals surface area contributed by atoms with Crippen molar-refractivity contribution in [1.82, 2.24) is 5.16 Å². The molecule has 0 unspecified atom stereocenters. The van der Waals surface area contributed by atoms with E-state index in [1.807, 2.05) is 0 Å². The smallest absolute Gasteiger partial charge is 0.358 e. The summed E-state index contributed by atoms with van der Waals surface area (Å²) >= 11 is 0. The molecule has 1 aromatic carbocycles. The second-order valence-electron chi connectivity index (χ2n) is 3.71. The lowest BCUT2D eigenvalue weighted by molar-refractivity contribution is 0.0686. The minimum absolute atomic E-state index is 0.140. The molecule has 0 radical (unpaired) electrons. The number of nitrogens with zero attached hydrogens (tertiary/aromatic N) is 1. The largest absolute Gasteiger partial charge is 0.486 e. The van der Waals surface area contributed by atoms with Crippen LogP contribution in [0.3, 0.4) is 0 Å². The van der Waals surface area contributed by atoms with Gasteiger partial charge in [0.15, 0.2) is 23.0 Å². The number of carboxylic acid groups (broad SMARTS) is 1. The molecule has 2 heterocycles. The molecule has 0 saturated carbocycles. The van der Waals surface area contributed by atoms with Crippen LogP contribution in [-0.4, -0.2) is 29.4 Å². The van der Waals surface area contributed by atoms with E-state index in [1.54, 1.807) is 18.2 Å². The molecule has 0 bridgehead atoms. The highest BCUT2D eigenvalue weighted by atomic mass is 16.6. The van der Waals surface area contributed by atoms with Gasteiger partial charge in [0.25, 0.3) is 0 Å². The zero-order chi connectivity index (χ0) is 12.5. The molecule has 1 aromatic heterocycles. The molecule has 0 spiro atoms. The molecular weight excluding hydrogens is 238 g/mol. The number of fused-ring (bicyclic) bond motifs is 1. The van der Waals surface area contributed by atoms with Crippen LogP contribution in [0.5, 0.6) is 11.5 Å². The van der Waals surface area contributed by atoms with Gasteiger partial charge >= 0.3 is 5.97 Å². The Kier molecular flexibility index (Phi) is 2.40. The Hall–Kier alpha value is -2.50. The number of ether oxygens (including phenoxy) is 2. The standard InChI is InChI=1S/C12H9NO5/c14-12(15)8-6-10(18-13-8)7-2-1-3-9-11(7)17-5-4-16-9/h1-3,6H,4-5H2,(H,14,15). The first-order valence-corrected chi connectivity index (χ1v) is 5.35. The molecule has 18 heavy (non-hydrogen) atoms. The molecule has 1 aliphatic heterocycles. The van der Waals surface area contributed by atoms with Crippen LogP contribution in [0.15, 0.2) is 28.8 Å². The Morgan fingerprint density at radius 3 is 2.89 bits per heavy atom. The van der Waals surface area contributed by atoms with Gasteiger partial charge in [-0.2, -0.15) is 0 Å². The first-order chi connectivity index (χ1) is 8.75. The van der Waals surface area contributed by atoms with Gasteiger partial charge in [-0.05, 0) is 12.1 Å². The van der Waals surface area contributed by atoms with Crippen molar-refractivity contribution in [2.45, 2.75) is 0 Å². The number of rotatable bonds is 2. The maximum absolute atomic E-state index is 10.8. The summed E-state index contributed by atoms with van der Waals surface area (Å²) in [5.41, 5.74) is 0.492. The Labute approximate surface area is 102 Å². The molecular formula is C12H9NO5. The summed E-state index contributed by atoms with van der Waals surface area (Å²) in [7, 11) is 0. The molecule has 1 N–H and O–H groups in total. The number of aromatic carboxylic acids is 1. The Balaban J connectivity index is 2.08. The maximum Gasteiger partial charge on any atom is 0.358 e. The van der Waals surface area contributed by atoms with Crippen LogP contribution in [0.4, 0.5) is 0 Å². The highest BCUT2D eigenvalue weighted by Gasteiger charge is 2.20. The monoisotopic (exact) mass is 247 g/mol. The highest BCUT2D eigenvalue weighted by Crippen LogP contribution is 2.39. The summed E-state index contributed by atoms with van der Waals surface area (Å²) in [6.45, 7) is 0.942. The van der Waals surface area contributed by atoms with E-state index in [2.05, 4.69) is 5.16 Å². The van der Waals surface area contributed by atoms with Crippen molar-refractivity contribution in [3.05, 3.63) is 30.0 Å². The van der Waals surface area contributed by atoms with Gasteiger partial charge in [0.1, 0.15) is 13.2 Å². The molecule has 6 heteroatoms. The van der Waals surface area contributed by atoms with E-state index in [0.29, 0.717) is 36.0 Å². The number of hydrogen-bond acceptors (Lipinski definition) is 5. The third-order valence-electron chi connectivity index (χ3n) is 2.56. The van der Waals surface area contributed by atoms with E-state index >= 15 is 0 Å². The van der Waals surface area contributed by atoms with Crippen molar-refractivity contribution in [2.75, 3.05) is 13.2 Å². The Bertz CT molecular complexity index is 604. The van der Waals surface area contributed by atoms with E-state index in [-0.39, 0.29) is 5.69 Å². The quantitative estimate of drug-likeness (QED) is 0.871. The lowest BCUT2D eigenvalue weighted by Crippen LogP contribution is -2.15. The number of aromatic nitrogens is 1. The number of benzene rings is 1. The van der Waals surface area contributed by atoms with E-state index in [4.69, 9.17) is 19.1 Å². The summed E-state index contributed by atoms with van der Waals surface area (Å²) in [4.78, 5) is 10.8. The third kappa shape index (κ3) is 1.67. The second-order valence-corrected chi connectivity index (χ2v) is 3.71. The van der Waals surface area contributed by atoms with E-state index in [1.165, 1.54) is 6.07 Å². The van der Waals surface area contributed by atoms with Gasteiger partial charge in [-0.15, -0.1) is 0 Å². The number of carboxylic acids is 1. The number of hydrogen-bond donors (Lipinski definition) is 1. The lowest BCUT2D eigenvalue weighted by Gasteiger charge is -2.19. The molecule has 0 amide bonds. The van der Waals surface area contributed by atoms with Crippen LogP contribution in [0.2, 0.25) is 0 Å². The molecule has 1 aliphatic rings. The van der Waals surface area contributed by atoms with Crippen LogP contribution < -0.4 is 9.47 Å². The SMILES string of the molecule is O=C(O)c1cc(-c2cccc3c2OCCO3)on1. The second kappa shape index (κ2) is 4.06. The predicted octanol–water partition coefficient (Wildman–Crippen LogP) is 1.81. The molecule has 2 aromatic rings. The lowest BCUT2D eigenvalue weighted by atomic mass is 10.1. The van der Waals surface area contributed by atoms with Gasteiger partial charge in [0.2, 0.25) is 0 Å². The van der Waals surface area contributed by atoms with Crippen LogP contribution in [0.1, 0.15) is 10.5 Å². The average molecular weight is 247 g/mol. The fourth-order valence-electron chi connectivity index (χ4n) is 1.77. The minimum Gasteiger partial charge on any atom is -0.486 e. The van der Waals surface area contributed by atoms with Gasteiger partial charge in [0.05, 0.1) is 5.56 Å². The molecule has 0 atom stereocenters. The van der Waals surface area contributed by atoms with Crippen LogP contribution in [0.25, 0.3) is 11.3 Å². The fourth-order valence-corrected chi connectivity index (χ4v) is 1.77. The van der Waals surface area contributed by atoms with Crippen molar-refractivity contribution in [1.29, 1.82) is 0 Å². The van der Waals surface area contributed by atoms with Crippen molar-refractivity contribution >= 4 is 5.97 Å². The highest BCUT2D eigenvalue weighted by molar-refractivity contribution is 5.87. The fraction of sp³-hybridized carbons (Fsp3) is 0.167. The van der Waals surface area contributed by atoms with E-state index in [9.17, 15) is 4.79 Å². The summed E-state index contributed by atoms with van der Waals surface area (Å²) in [6.07, 6.45) is 0. The van der Waals surface area contributed by atoms with Crippen molar-refractivity contribution in [3.8, 4) is 22.8 Å². The van der Waals surface area contributed by atoms with Crippen LogP contribution in [-0.2, 0) is 0 Å². The van der Waals surface area contributed by atoms with Crippen molar-refractivity contribution in [2.24, 2.45) is 0 Å². The average Bonchev–Trinajstić information content (AvgIpc) is 2.87. The first-order valence-electron chi connectivity index (χ1n) is 5.35. The topological polar surface area (TPSA) is 81.8 Å². The zero-order valence-electron chi connectivity index (χ0n) is 9.25. The number of para-hydroxylation sites is 1. The molecule has 92 valence electrons. The summed E-state index contributed by atoms with van der Waals surface area (Å²) in [5.74, 6) is 0.380. The molecule has 0 fully saturated rings. The summed E-state index contributed by atoms with van der Waals surface area (Å²) in [6, 6.07) is 6.69. The summed E-state index contributed by atoms with van der Waals surface area (Å²) in [5, 5.41) is 12.3. The van der Waals surface area contributed by atoms with Gasteiger partial charge in [-0.3, -0.25) is 0 Å². The van der Waals surface area contributed by atoms with Gasteiger partial charge < -0.3 is 19.1 Å². The summed E-state index contributed by atoms with van der Waals surface area (Å²) < 4.78 is 16.0. The van der Waals surface area contributed by atoms with Crippen LogP contribution in [0, 0.1) is 0 Å². The van der Waals surface area contributed by atoms with E-state index in [0.717, 1.165) is 0 Å². The predicted molar refractivity (Wildman–Crippen MR) is 59.9 cm³/mol. The Morgan fingerprint density at radius 2 is 2.11 bits per heavy atom. The first kappa shape index (κ1) is 10.6. The van der Waals surface area contributed by atoms with Crippen LogP contribution >= 0.6 is 0 Å². The van der Waals surface area contributed by atoms with Gasteiger partial charge in [-0.1, -0.05) is 11.2 Å². The number of carbonyl (C=O) groups is 1. The Morgan fingerprint density at radius 1 is 1.28 bits per heavy atom. The van der Waals surface area contributed by atoms with Gasteiger partial charge in [-0.25, -0.2) is 4.79 Å². The van der Waals surface area contributed by atoms with Gasteiger partial charge in [0, 0.05) is 6.07 Å². The van der Waals surface area contributed by atoms with Crippen molar-refractivity contribution < 1.29 is 23.9 Å². The molecule has 0 saturated heterocycles.